The van der Waals surface area contributed by atoms with E-state index in [-0.39, 0.29) is 11.2 Å². The molecule has 7 heteroatoms. The fourth-order valence-corrected chi connectivity index (χ4v) is 4.08. The number of para-hydroxylation sites is 1. The molecule has 1 N–H and O–H groups in total. The minimum absolute atomic E-state index is 0.0453. The van der Waals surface area contributed by atoms with Gasteiger partial charge in [-0.25, -0.2) is 0 Å². The van der Waals surface area contributed by atoms with E-state index in [1.807, 2.05) is 85.1 Å². The van der Waals surface area contributed by atoms with Crippen molar-refractivity contribution in [2.45, 2.75) is 30.8 Å². The largest absolute Gasteiger partial charge is 0.351 e. The highest BCUT2D eigenvalue weighted by Crippen LogP contribution is 2.31. The van der Waals surface area contributed by atoms with Gasteiger partial charge in [0.2, 0.25) is 5.91 Å². The molecular formula is C24H23N5OS. The number of hydrogen-bond acceptors (Lipinski definition) is 5. The molecule has 1 amide bonds. The molecule has 156 valence electrons. The molecule has 0 radical (unpaired) electrons. The van der Waals surface area contributed by atoms with Crippen molar-refractivity contribution >= 4 is 17.7 Å². The lowest BCUT2D eigenvalue weighted by Gasteiger charge is -2.15. The van der Waals surface area contributed by atoms with Crippen molar-refractivity contribution in [1.29, 1.82) is 0 Å². The number of thioether (sulfide) groups is 1. The molecule has 0 fully saturated rings. The van der Waals surface area contributed by atoms with E-state index in [0.717, 1.165) is 22.4 Å². The highest BCUT2D eigenvalue weighted by molar-refractivity contribution is 8.00. The molecule has 1 atom stereocenters. The van der Waals surface area contributed by atoms with E-state index >= 15 is 0 Å². The van der Waals surface area contributed by atoms with Crippen LogP contribution < -0.4 is 5.32 Å². The van der Waals surface area contributed by atoms with Crippen LogP contribution in [0.5, 0.6) is 0 Å². The normalized spacial score (nSPS) is 11.8. The Morgan fingerprint density at radius 1 is 1.03 bits per heavy atom. The van der Waals surface area contributed by atoms with Crippen molar-refractivity contribution in [2.75, 3.05) is 0 Å². The van der Waals surface area contributed by atoms with Crippen LogP contribution in [0, 0.1) is 6.92 Å². The minimum Gasteiger partial charge on any atom is -0.351 e. The fourth-order valence-electron chi connectivity index (χ4n) is 3.20. The van der Waals surface area contributed by atoms with Gasteiger partial charge in [0.1, 0.15) is 0 Å². The summed E-state index contributed by atoms with van der Waals surface area (Å²) in [6.07, 6.45) is 3.50. The number of carbonyl (C=O) groups excluding carboxylic acids is 1. The zero-order valence-electron chi connectivity index (χ0n) is 17.4. The average molecular weight is 430 g/mol. The van der Waals surface area contributed by atoms with Gasteiger partial charge in [-0.1, -0.05) is 60.3 Å². The lowest BCUT2D eigenvalue weighted by Crippen LogP contribution is -2.30. The molecule has 0 bridgehead atoms. The van der Waals surface area contributed by atoms with Crippen LogP contribution in [0.15, 0.2) is 84.3 Å². The summed E-state index contributed by atoms with van der Waals surface area (Å²) in [6.45, 7) is 4.43. The molecule has 0 spiro atoms. The Morgan fingerprint density at radius 3 is 2.55 bits per heavy atom. The summed E-state index contributed by atoms with van der Waals surface area (Å²) in [5.41, 5.74) is 4.00. The number of rotatable bonds is 7. The number of nitrogens with one attached hydrogen (secondary N) is 1. The van der Waals surface area contributed by atoms with Crippen molar-refractivity contribution in [1.82, 2.24) is 25.1 Å². The maximum Gasteiger partial charge on any atom is 0.233 e. The molecule has 1 unspecified atom stereocenters. The summed E-state index contributed by atoms with van der Waals surface area (Å²) in [4.78, 5) is 16.9. The lowest BCUT2D eigenvalue weighted by molar-refractivity contribution is -0.120. The number of pyridine rings is 1. The first-order chi connectivity index (χ1) is 15.1. The summed E-state index contributed by atoms with van der Waals surface area (Å²) in [7, 11) is 0. The molecular weight excluding hydrogens is 406 g/mol. The van der Waals surface area contributed by atoms with Crippen LogP contribution in [0.3, 0.4) is 0 Å². The van der Waals surface area contributed by atoms with E-state index in [2.05, 4.69) is 20.5 Å². The summed E-state index contributed by atoms with van der Waals surface area (Å²) in [5, 5.41) is 12.2. The van der Waals surface area contributed by atoms with Gasteiger partial charge in [-0.3, -0.25) is 14.3 Å². The maximum absolute atomic E-state index is 12.7. The van der Waals surface area contributed by atoms with Gasteiger partial charge < -0.3 is 5.32 Å². The van der Waals surface area contributed by atoms with Gasteiger partial charge in [-0.15, -0.1) is 10.2 Å². The van der Waals surface area contributed by atoms with Crippen LogP contribution in [0.25, 0.3) is 17.1 Å². The van der Waals surface area contributed by atoms with E-state index in [1.165, 1.54) is 11.8 Å². The van der Waals surface area contributed by atoms with Crippen molar-refractivity contribution < 1.29 is 4.79 Å². The van der Waals surface area contributed by atoms with Crippen LogP contribution in [0.2, 0.25) is 0 Å². The molecule has 0 aliphatic rings. The van der Waals surface area contributed by atoms with Crippen molar-refractivity contribution in [3.63, 3.8) is 0 Å². The van der Waals surface area contributed by atoms with Gasteiger partial charge in [0.25, 0.3) is 0 Å². The predicted octanol–water partition coefficient (Wildman–Crippen LogP) is 4.43. The third-order valence-electron chi connectivity index (χ3n) is 4.87. The predicted molar refractivity (Wildman–Crippen MR) is 123 cm³/mol. The third-order valence-corrected chi connectivity index (χ3v) is 5.91. The van der Waals surface area contributed by atoms with Gasteiger partial charge in [-0.05, 0) is 43.2 Å². The van der Waals surface area contributed by atoms with Crippen LogP contribution in [-0.4, -0.2) is 30.9 Å². The van der Waals surface area contributed by atoms with Gasteiger partial charge in [0.15, 0.2) is 11.0 Å². The molecule has 0 saturated heterocycles. The molecule has 0 aliphatic heterocycles. The van der Waals surface area contributed by atoms with Crippen molar-refractivity contribution in [3.05, 3.63) is 90.3 Å². The summed E-state index contributed by atoms with van der Waals surface area (Å²) in [5.74, 6) is 0.651. The lowest BCUT2D eigenvalue weighted by atomic mass is 10.2. The number of aryl methyl sites for hydroxylation is 1. The molecule has 2 aromatic heterocycles. The zero-order chi connectivity index (χ0) is 21.6. The third kappa shape index (κ3) is 4.83. The Labute approximate surface area is 185 Å². The summed E-state index contributed by atoms with van der Waals surface area (Å²) in [6, 6.07) is 21.8. The van der Waals surface area contributed by atoms with Crippen molar-refractivity contribution in [3.8, 4) is 17.1 Å². The first kappa shape index (κ1) is 20.8. The smallest absolute Gasteiger partial charge is 0.233 e. The van der Waals surface area contributed by atoms with E-state index in [9.17, 15) is 4.79 Å². The van der Waals surface area contributed by atoms with Gasteiger partial charge in [0.05, 0.1) is 10.9 Å². The van der Waals surface area contributed by atoms with E-state index < -0.39 is 0 Å². The number of carbonyl (C=O) groups is 1. The highest BCUT2D eigenvalue weighted by Gasteiger charge is 2.22. The quantitative estimate of drug-likeness (QED) is 0.440. The van der Waals surface area contributed by atoms with Crippen LogP contribution in [0.1, 0.15) is 18.1 Å². The molecule has 0 saturated carbocycles. The van der Waals surface area contributed by atoms with E-state index in [1.54, 1.807) is 12.4 Å². The minimum atomic E-state index is -0.336. The average Bonchev–Trinajstić information content (AvgIpc) is 3.22. The Balaban J connectivity index is 1.60. The maximum atomic E-state index is 12.7. The monoisotopic (exact) mass is 429 g/mol. The van der Waals surface area contributed by atoms with E-state index in [4.69, 9.17) is 0 Å². The van der Waals surface area contributed by atoms with Gasteiger partial charge in [-0.2, -0.15) is 0 Å². The number of amides is 1. The first-order valence-corrected chi connectivity index (χ1v) is 10.9. The summed E-state index contributed by atoms with van der Waals surface area (Å²) >= 11 is 1.39. The standard InChI is InChI=1S/C24H23N5OS/c1-17-9-6-7-13-21(17)29-22(20-12-8-14-25-16-20)27-28-24(29)31-18(2)23(30)26-15-19-10-4-3-5-11-19/h3-14,16,18H,15H2,1-2H3,(H,26,30). The van der Waals surface area contributed by atoms with Gasteiger partial charge in [0, 0.05) is 24.5 Å². The van der Waals surface area contributed by atoms with E-state index in [0.29, 0.717) is 17.5 Å². The fraction of sp³-hybridized carbons (Fsp3) is 0.167. The van der Waals surface area contributed by atoms with Gasteiger partial charge >= 0.3 is 0 Å². The molecule has 4 rings (SSSR count). The topological polar surface area (TPSA) is 72.7 Å². The second-order valence-corrected chi connectivity index (χ2v) is 8.44. The number of benzene rings is 2. The van der Waals surface area contributed by atoms with Crippen molar-refractivity contribution in [2.24, 2.45) is 0 Å². The Bertz CT molecular complexity index is 1160. The Kier molecular flexibility index (Phi) is 6.43. The second-order valence-electron chi connectivity index (χ2n) is 7.13. The Morgan fingerprint density at radius 2 is 1.81 bits per heavy atom. The van der Waals surface area contributed by atoms with Crippen LogP contribution >= 0.6 is 11.8 Å². The molecule has 6 nitrogen and oxygen atoms in total. The zero-order valence-corrected chi connectivity index (χ0v) is 18.2. The second kappa shape index (κ2) is 9.57. The first-order valence-electron chi connectivity index (χ1n) is 10.0. The molecule has 2 aromatic carbocycles. The number of hydrogen-bond donors (Lipinski definition) is 1. The van der Waals surface area contributed by atoms with Crippen LogP contribution in [0.4, 0.5) is 0 Å². The molecule has 2 heterocycles. The molecule has 4 aromatic rings. The summed E-state index contributed by atoms with van der Waals surface area (Å²) < 4.78 is 2.00. The Hall–Kier alpha value is -3.45. The van der Waals surface area contributed by atoms with Crippen LogP contribution in [-0.2, 0) is 11.3 Å². The SMILES string of the molecule is Cc1ccccc1-n1c(SC(C)C(=O)NCc2ccccc2)nnc1-c1cccnc1. The number of nitrogens with zero attached hydrogens (tertiary/aromatic N) is 4. The molecule has 0 aliphatic carbocycles. The highest BCUT2D eigenvalue weighted by atomic mass is 32.2. The molecule has 31 heavy (non-hydrogen) atoms. The number of aromatic nitrogens is 4.